The zero-order valence-corrected chi connectivity index (χ0v) is 13.0. The summed E-state index contributed by atoms with van der Waals surface area (Å²) in [5.41, 5.74) is 4.11. The lowest BCUT2D eigenvalue weighted by molar-refractivity contribution is 0.452. The summed E-state index contributed by atoms with van der Waals surface area (Å²) in [6.45, 7) is 4.53. The summed E-state index contributed by atoms with van der Waals surface area (Å²) < 4.78 is 0. The molecule has 0 bridgehead atoms. The van der Waals surface area contributed by atoms with Crippen molar-refractivity contribution in [2.75, 3.05) is 0 Å². The Labute approximate surface area is 128 Å². The van der Waals surface area contributed by atoms with Gasteiger partial charge in [-0.1, -0.05) is 67.4 Å². The molecule has 0 spiro atoms. The first-order valence-corrected chi connectivity index (χ1v) is 8.10. The third-order valence-electron chi connectivity index (χ3n) is 4.47. The molecule has 1 heteroatoms. The maximum absolute atomic E-state index is 3.86. The Morgan fingerprint density at radius 2 is 1.67 bits per heavy atom. The summed E-state index contributed by atoms with van der Waals surface area (Å²) in [7, 11) is 0. The predicted octanol–water partition coefficient (Wildman–Crippen LogP) is 4.86. The fourth-order valence-electron chi connectivity index (χ4n) is 3.13. The third kappa shape index (κ3) is 3.74. The van der Waals surface area contributed by atoms with Gasteiger partial charge in [0, 0.05) is 6.04 Å². The van der Waals surface area contributed by atoms with Crippen LogP contribution in [-0.4, -0.2) is 6.04 Å². The van der Waals surface area contributed by atoms with Gasteiger partial charge in [-0.05, 0) is 42.9 Å². The molecule has 1 aliphatic rings. The van der Waals surface area contributed by atoms with E-state index < -0.39 is 0 Å². The fourth-order valence-corrected chi connectivity index (χ4v) is 3.13. The lowest BCUT2D eigenvalue weighted by atomic mass is 9.94. The topological polar surface area (TPSA) is 12.0 Å². The molecule has 110 valence electrons. The highest BCUT2D eigenvalue weighted by atomic mass is 14.9. The van der Waals surface area contributed by atoms with Crippen LogP contribution < -0.4 is 5.32 Å². The molecule has 2 aromatic carbocycles. The van der Waals surface area contributed by atoms with E-state index in [-0.39, 0.29) is 0 Å². The largest absolute Gasteiger partial charge is 0.304 e. The zero-order chi connectivity index (χ0) is 14.7. The highest BCUT2D eigenvalue weighted by molar-refractivity contribution is 5.36. The van der Waals surface area contributed by atoms with E-state index in [2.05, 4.69) is 73.8 Å². The molecule has 2 unspecified atom stereocenters. The van der Waals surface area contributed by atoms with Crippen molar-refractivity contribution in [1.29, 1.82) is 0 Å². The van der Waals surface area contributed by atoms with Crippen molar-refractivity contribution in [2.45, 2.75) is 45.2 Å². The summed E-state index contributed by atoms with van der Waals surface area (Å²) >= 11 is 0. The van der Waals surface area contributed by atoms with E-state index in [1.807, 2.05) is 0 Å². The second kappa shape index (κ2) is 6.44. The molecule has 0 saturated heterocycles. The standard InChI is InChI=1S/C20H25N/c1-15-8-6-7-11-19(15)20(18-9-4-3-5-10-18)21-16(2)14-17-12-13-17/h3-11,16-17,20-21H,12-14H2,1-2H3. The van der Waals surface area contributed by atoms with Gasteiger partial charge >= 0.3 is 0 Å². The summed E-state index contributed by atoms with van der Waals surface area (Å²) in [6, 6.07) is 20.4. The predicted molar refractivity (Wildman–Crippen MR) is 89.4 cm³/mol. The summed E-state index contributed by atoms with van der Waals surface area (Å²) in [4.78, 5) is 0. The lowest BCUT2D eigenvalue weighted by Crippen LogP contribution is -2.32. The molecule has 1 N–H and O–H groups in total. The van der Waals surface area contributed by atoms with Crippen molar-refractivity contribution in [3.05, 3.63) is 71.3 Å². The van der Waals surface area contributed by atoms with Crippen LogP contribution in [0.15, 0.2) is 54.6 Å². The zero-order valence-electron chi connectivity index (χ0n) is 13.0. The van der Waals surface area contributed by atoms with E-state index >= 15 is 0 Å². The molecular weight excluding hydrogens is 254 g/mol. The monoisotopic (exact) mass is 279 g/mol. The summed E-state index contributed by atoms with van der Waals surface area (Å²) in [5.74, 6) is 0.959. The van der Waals surface area contributed by atoms with Gasteiger partial charge in [0.25, 0.3) is 0 Å². The lowest BCUT2D eigenvalue weighted by Gasteiger charge is -2.25. The molecule has 0 heterocycles. The van der Waals surface area contributed by atoms with Crippen molar-refractivity contribution in [1.82, 2.24) is 5.32 Å². The number of benzene rings is 2. The minimum atomic E-state index is 0.293. The minimum absolute atomic E-state index is 0.293. The van der Waals surface area contributed by atoms with Gasteiger partial charge in [-0.15, -0.1) is 0 Å². The number of aryl methyl sites for hydroxylation is 1. The SMILES string of the molecule is Cc1ccccc1C(NC(C)CC1CC1)c1ccccc1. The Morgan fingerprint density at radius 1 is 1.00 bits per heavy atom. The molecule has 1 nitrogen and oxygen atoms in total. The second-order valence-corrected chi connectivity index (χ2v) is 6.45. The van der Waals surface area contributed by atoms with Crippen LogP contribution in [0.5, 0.6) is 0 Å². The number of hydrogen-bond acceptors (Lipinski definition) is 1. The van der Waals surface area contributed by atoms with E-state index in [1.165, 1.54) is 36.0 Å². The van der Waals surface area contributed by atoms with E-state index in [0.29, 0.717) is 12.1 Å². The van der Waals surface area contributed by atoms with Crippen LogP contribution in [0, 0.1) is 12.8 Å². The van der Waals surface area contributed by atoms with Crippen molar-refractivity contribution in [2.24, 2.45) is 5.92 Å². The van der Waals surface area contributed by atoms with E-state index in [9.17, 15) is 0 Å². The van der Waals surface area contributed by atoms with Crippen LogP contribution in [0.3, 0.4) is 0 Å². The van der Waals surface area contributed by atoms with Gasteiger partial charge < -0.3 is 5.32 Å². The first kappa shape index (κ1) is 14.3. The average Bonchev–Trinajstić information content (AvgIpc) is 3.30. The molecule has 0 aromatic heterocycles. The highest BCUT2D eigenvalue weighted by Gasteiger charge is 2.25. The Bertz CT molecular complexity index is 571. The van der Waals surface area contributed by atoms with Crippen LogP contribution in [-0.2, 0) is 0 Å². The Morgan fingerprint density at radius 3 is 2.33 bits per heavy atom. The Kier molecular flexibility index (Phi) is 4.40. The van der Waals surface area contributed by atoms with Gasteiger partial charge in [-0.2, -0.15) is 0 Å². The van der Waals surface area contributed by atoms with Crippen LogP contribution in [0.25, 0.3) is 0 Å². The normalized spacial score (nSPS) is 17.4. The smallest absolute Gasteiger partial charge is 0.0581 e. The molecule has 2 atom stereocenters. The van der Waals surface area contributed by atoms with Crippen molar-refractivity contribution in [3.8, 4) is 0 Å². The molecule has 1 fully saturated rings. The van der Waals surface area contributed by atoms with Crippen molar-refractivity contribution < 1.29 is 0 Å². The molecule has 0 amide bonds. The van der Waals surface area contributed by atoms with Crippen molar-refractivity contribution >= 4 is 0 Å². The molecule has 2 aromatic rings. The molecule has 3 rings (SSSR count). The van der Waals surface area contributed by atoms with E-state index in [1.54, 1.807) is 0 Å². The van der Waals surface area contributed by atoms with Gasteiger partial charge in [0.1, 0.15) is 0 Å². The van der Waals surface area contributed by atoms with Crippen LogP contribution in [0.2, 0.25) is 0 Å². The summed E-state index contributed by atoms with van der Waals surface area (Å²) in [5, 5.41) is 3.86. The Hall–Kier alpha value is -1.60. The summed E-state index contributed by atoms with van der Waals surface area (Å²) in [6.07, 6.45) is 4.15. The average molecular weight is 279 g/mol. The van der Waals surface area contributed by atoms with Crippen LogP contribution >= 0.6 is 0 Å². The highest BCUT2D eigenvalue weighted by Crippen LogP contribution is 2.34. The van der Waals surface area contributed by atoms with Gasteiger partial charge in [0.05, 0.1) is 6.04 Å². The first-order valence-electron chi connectivity index (χ1n) is 8.10. The minimum Gasteiger partial charge on any atom is -0.304 e. The first-order chi connectivity index (χ1) is 10.2. The maximum atomic E-state index is 3.86. The fraction of sp³-hybridized carbons (Fsp3) is 0.400. The molecule has 0 radical (unpaired) electrons. The third-order valence-corrected chi connectivity index (χ3v) is 4.47. The second-order valence-electron chi connectivity index (χ2n) is 6.45. The number of rotatable bonds is 6. The van der Waals surface area contributed by atoms with Gasteiger partial charge in [-0.3, -0.25) is 0 Å². The Balaban J connectivity index is 1.85. The van der Waals surface area contributed by atoms with E-state index in [4.69, 9.17) is 0 Å². The molecule has 1 aliphatic carbocycles. The molecular formula is C20H25N. The quantitative estimate of drug-likeness (QED) is 0.796. The molecule has 1 saturated carbocycles. The van der Waals surface area contributed by atoms with Crippen LogP contribution in [0.1, 0.15) is 48.9 Å². The molecule has 21 heavy (non-hydrogen) atoms. The van der Waals surface area contributed by atoms with Crippen LogP contribution in [0.4, 0.5) is 0 Å². The van der Waals surface area contributed by atoms with Gasteiger partial charge in [0.2, 0.25) is 0 Å². The van der Waals surface area contributed by atoms with E-state index in [0.717, 1.165) is 5.92 Å². The number of nitrogens with one attached hydrogen (secondary N) is 1. The number of hydrogen-bond donors (Lipinski definition) is 1. The molecule has 0 aliphatic heterocycles. The van der Waals surface area contributed by atoms with Crippen molar-refractivity contribution in [3.63, 3.8) is 0 Å². The maximum Gasteiger partial charge on any atom is 0.0581 e. The van der Waals surface area contributed by atoms with Gasteiger partial charge in [0.15, 0.2) is 0 Å². The van der Waals surface area contributed by atoms with Gasteiger partial charge in [-0.25, -0.2) is 0 Å².